The van der Waals surface area contributed by atoms with Gasteiger partial charge in [-0.15, -0.1) is 22.9 Å². The fourth-order valence-electron chi connectivity index (χ4n) is 1.97. The molecule has 2 heterocycles. The highest BCUT2D eigenvalue weighted by Gasteiger charge is 2.42. The van der Waals surface area contributed by atoms with Gasteiger partial charge < -0.3 is 5.32 Å². The van der Waals surface area contributed by atoms with Crippen LogP contribution < -0.4 is 5.32 Å². The van der Waals surface area contributed by atoms with Crippen LogP contribution >= 0.6 is 22.9 Å². The van der Waals surface area contributed by atoms with Crippen molar-refractivity contribution in [2.45, 2.75) is 32.2 Å². The smallest absolute Gasteiger partial charge is 0.138 e. The second-order valence-corrected chi connectivity index (χ2v) is 6.20. The Kier molecular flexibility index (Phi) is 2.52. The van der Waals surface area contributed by atoms with Crippen LogP contribution in [0.5, 0.6) is 0 Å². The predicted molar refractivity (Wildman–Crippen MR) is 73.2 cm³/mol. The number of thiophene rings is 1. The molecule has 0 bridgehead atoms. The Labute approximate surface area is 109 Å². The summed E-state index contributed by atoms with van der Waals surface area (Å²) in [7, 11) is 0. The molecule has 0 spiro atoms. The van der Waals surface area contributed by atoms with Crippen LogP contribution in [0.4, 0.5) is 5.82 Å². The molecule has 3 nitrogen and oxygen atoms in total. The van der Waals surface area contributed by atoms with Crippen molar-refractivity contribution in [3.63, 3.8) is 0 Å². The molecule has 0 radical (unpaired) electrons. The number of rotatable bonds is 3. The molecule has 0 saturated heterocycles. The second-order valence-electron chi connectivity index (χ2n) is 4.72. The lowest BCUT2D eigenvalue weighted by Gasteiger charge is -2.15. The van der Waals surface area contributed by atoms with E-state index in [-0.39, 0.29) is 5.54 Å². The van der Waals surface area contributed by atoms with Crippen LogP contribution in [0.1, 0.15) is 23.3 Å². The van der Waals surface area contributed by atoms with Gasteiger partial charge in [-0.25, -0.2) is 9.97 Å². The van der Waals surface area contributed by atoms with E-state index in [0.717, 1.165) is 28.9 Å². The number of aromatic nitrogens is 2. The molecule has 1 aliphatic carbocycles. The number of aryl methyl sites for hydroxylation is 2. The van der Waals surface area contributed by atoms with Crippen LogP contribution in [0, 0.1) is 13.8 Å². The Hall–Kier alpha value is -0.870. The monoisotopic (exact) mass is 267 g/mol. The van der Waals surface area contributed by atoms with Gasteiger partial charge in [0.1, 0.15) is 17.0 Å². The van der Waals surface area contributed by atoms with Crippen LogP contribution in [-0.2, 0) is 0 Å². The van der Waals surface area contributed by atoms with E-state index in [9.17, 15) is 0 Å². The predicted octanol–water partition coefficient (Wildman–Crippen LogP) is 3.49. The second kappa shape index (κ2) is 3.82. The minimum atomic E-state index is 0.0745. The molecular weight excluding hydrogens is 254 g/mol. The van der Waals surface area contributed by atoms with E-state index in [1.54, 1.807) is 17.7 Å². The number of hydrogen-bond donors (Lipinski definition) is 1. The van der Waals surface area contributed by atoms with E-state index in [1.807, 2.05) is 0 Å². The first-order chi connectivity index (χ1) is 8.15. The largest absolute Gasteiger partial charge is 0.363 e. The SMILES string of the molecule is Cc1sc2ncnc(NC3(CCl)CC3)c2c1C. The van der Waals surface area contributed by atoms with Crippen LogP contribution in [0.2, 0.25) is 0 Å². The van der Waals surface area contributed by atoms with E-state index < -0.39 is 0 Å². The zero-order valence-corrected chi connectivity index (χ0v) is 11.5. The van der Waals surface area contributed by atoms with Crippen molar-refractivity contribution in [3.05, 3.63) is 16.8 Å². The Morgan fingerprint density at radius 3 is 2.82 bits per heavy atom. The zero-order chi connectivity index (χ0) is 12.0. The van der Waals surface area contributed by atoms with Crippen LogP contribution in [-0.4, -0.2) is 21.4 Å². The highest BCUT2D eigenvalue weighted by atomic mass is 35.5. The summed E-state index contributed by atoms with van der Waals surface area (Å²) in [5, 5.41) is 4.66. The van der Waals surface area contributed by atoms with E-state index in [0.29, 0.717) is 5.88 Å². The number of nitrogens with zero attached hydrogens (tertiary/aromatic N) is 2. The van der Waals surface area contributed by atoms with Crippen molar-refractivity contribution in [3.8, 4) is 0 Å². The number of halogens is 1. The summed E-state index contributed by atoms with van der Waals surface area (Å²) in [5.41, 5.74) is 1.35. The first-order valence-electron chi connectivity index (χ1n) is 5.70. The third-order valence-corrected chi connectivity index (χ3v) is 5.09. The normalized spacial score (nSPS) is 17.4. The van der Waals surface area contributed by atoms with Crippen molar-refractivity contribution >= 4 is 39.0 Å². The molecule has 5 heteroatoms. The van der Waals surface area contributed by atoms with Crippen LogP contribution in [0.3, 0.4) is 0 Å². The van der Waals surface area contributed by atoms with E-state index in [4.69, 9.17) is 11.6 Å². The van der Waals surface area contributed by atoms with Gasteiger partial charge in [0.05, 0.1) is 10.9 Å². The van der Waals surface area contributed by atoms with Crippen molar-refractivity contribution < 1.29 is 0 Å². The van der Waals surface area contributed by atoms with Gasteiger partial charge in [-0.2, -0.15) is 0 Å². The molecule has 1 N–H and O–H groups in total. The lowest BCUT2D eigenvalue weighted by atomic mass is 10.2. The Balaban J connectivity index is 2.10. The molecule has 1 fully saturated rings. The zero-order valence-electron chi connectivity index (χ0n) is 9.88. The van der Waals surface area contributed by atoms with Gasteiger partial charge in [-0.05, 0) is 32.3 Å². The highest BCUT2D eigenvalue weighted by Crippen LogP contribution is 2.42. The topological polar surface area (TPSA) is 37.8 Å². The van der Waals surface area contributed by atoms with E-state index >= 15 is 0 Å². The van der Waals surface area contributed by atoms with Crippen LogP contribution in [0.25, 0.3) is 10.2 Å². The summed E-state index contributed by atoms with van der Waals surface area (Å²) in [6.07, 6.45) is 3.89. The number of anilines is 1. The first-order valence-corrected chi connectivity index (χ1v) is 7.05. The standard InChI is InChI=1S/C12H14ClN3S/c1-7-8(2)17-11-9(7)10(14-6-15-11)16-12(5-13)3-4-12/h6H,3-5H2,1-2H3,(H,14,15,16). The van der Waals surface area contributed by atoms with E-state index in [1.165, 1.54) is 10.4 Å². The van der Waals surface area contributed by atoms with Crippen molar-refractivity contribution in [1.29, 1.82) is 0 Å². The minimum Gasteiger partial charge on any atom is -0.363 e. The third-order valence-electron chi connectivity index (χ3n) is 3.46. The summed E-state index contributed by atoms with van der Waals surface area (Å²) < 4.78 is 0. The third kappa shape index (κ3) is 1.79. The maximum atomic E-state index is 6.00. The average molecular weight is 268 g/mol. The minimum absolute atomic E-state index is 0.0745. The molecule has 0 atom stereocenters. The summed E-state index contributed by atoms with van der Waals surface area (Å²) in [4.78, 5) is 11.1. The summed E-state index contributed by atoms with van der Waals surface area (Å²) in [6.45, 7) is 4.25. The van der Waals surface area contributed by atoms with Gasteiger partial charge >= 0.3 is 0 Å². The molecule has 2 aromatic heterocycles. The quantitative estimate of drug-likeness (QED) is 0.865. The van der Waals surface area contributed by atoms with E-state index in [2.05, 4.69) is 29.1 Å². The molecule has 1 aliphatic rings. The molecule has 0 amide bonds. The molecule has 0 aromatic carbocycles. The maximum Gasteiger partial charge on any atom is 0.138 e. The Bertz CT molecular complexity index is 574. The Morgan fingerprint density at radius 2 is 2.18 bits per heavy atom. The molecule has 0 aliphatic heterocycles. The van der Waals surface area contributed by atoms with Gasteiger partial charge in [0, 0.05) is 10.8 Å². The van der Waals surface area contributed by atoms with Gasteiger partial charge in [-0.3, -0.25) is 0 Å². The summed E-state index contributed by atoms with van der Waals surface area (Å²) >= 11 is 7.72. The molecule has 0 unspecified atom stereocenters. The van der Waals surface area contributed by atoms with Gasteiger partial charge in [0.2, 0.25) is 0 Å². The van der Waals surface area contributed by atoms with Gasteiger partial charge in [0.15, 0.2) is 0 Å². The van der Waals surface area contributed by atoms with Crippen LogP contribution in [0.15, 0.2) is 6.33 Å². The van der Waals surface area contributed by atoms with Crippen molar-refractivity contribution in [2.24, 2.45) is 0 Å². The lowest BCUT2D eigenvalue weighted by molar-refractivity contribution is 0.831. The lowest BCUT2D eigenvalue weighted by Crippen LogP contribution is -2.23. The molecule has 1 saturated carbocycles. The summed E-state index contributed by atoms with van der Waals surface area (Å²) in [5.74, 6) is 1.58. The van der Waals surface area contributed by atoms with Crippen molar-refractivity contribution in [2.75, 3.05) is 11.2 Å². The summed E-state index contributed by atoms with van der Waals surface area (Å²) in [6, 6.07) is 0. The fourth-order valence-corrected chi connectivity index (χ4v) is 3.30. The molecule has 3 rings (SSSR count). The van der Waals surface area contributed by atoms with Gasteiger partial charge in [-0.1, -0.05) is 0 Å². The number of nitrogens with one attached hydrogen (secondary N) is 1. The fraction of sp³-hybridized carbons (Fsp3) is 0.500. The maximum absolute atomic E-state index is 6.00. The molecule has 90 valence electrons. The molecule has 2 aromatic rings. The van der Waals surface area contributed by atoms with Crippen molar-refractivity contribution in [1.82, 2.24) is 9.97 Å². The number of alkyl halides is 1. The average Bonchev–Trinajstić information content (AvgIpc) is 3.03. The number of fused-ring (bicyclic) bond motifs is 1. The molecule has 17 heavy (non-hydrogen) atoms. The number of hydrogen-bond acceptors (Lipinski definition) is 4. The van der Waals surface area contributed by atoms with Gasteiger partial charge in [0.25, 0.3) is 0 Å². The molecular formula is C12H14ClN3S. The first kappa shape index (κ1) is 11.2. The highest BCUT2D eigenvalue weighted by molar-refractivity contribution is 7.18. The Morgan fingerprint density at radius 1 is 1.41 bits per heavy atom.